The lowest BCUT2D eigenvalue weighted by atomic mass is 10.2. The number of benzene rings is 1. The van der Waals surface area contributed by atoms with Crippen molar-refractivity contribution in [1.82, 2.24) is 15.1 Å². The summed E-state index contributed by atoms with van der Waals surface area (Å²) in [5.41, 5.74) is 2.42. The molecule has 2 aromatic rings. The van der Waals surface area contributed by atoms with E-state index in [1.165, 1.54) is 13.3 Å². The molecule has 1 aromatic heterocycles. The molecule has 0 aliphatic carbocycles. The Balaban J connectivity index is 1.99. The number of hydrogen-bond acceptors (Lipinski definition) is 6. The SMILES string of the molecule is COc1c(Cl)cccc1Nc1c(C/C=C\N=C\C=N)nn2c1C(=O)NCC2. The Morgan fingerprint density at radius 2 is 2.37 bits per heavy atom. The smallest absolute Gasteiger partial charge is 0.271 e. The first kappa shape index (κ1) is 18.7. The van der Waals surface area contributed by atoms with Gasteiger partial charge in [-0.05, 0) is 12.1 Å². The normalized spacial score (nSPS) is 13.6. The van der Waals surface area contributed by atoms with Crippen LogP contribution in [0.15, 0.2) is 35.5 Å². The molecule has 0 radical (unpaired) electrons. The van der Waals surface area contributed by atoms with Crippen molar-refractivity contribution in [2.45, 2.75) is 13.0 Å². The van der Waals surface area contributed by atoms with E-state index in [1.54, 1.807) is 23.0 Å². The van der Waals surface area contributed by atoms with E-state index in [-0.39, 0.29) is 5.91 Å². The van der Waals surface area contributed by atoms with Gasteiger partial charge in [0.2, 0.25) is 0 Å². The lowest BCUT2D eigenvalue weighted by Gasteiger charge is -2.17. The molecule has 3 N–H and O–H groups in total. The lowest BCUT2D eigenvalue weighted by molar-refractivity contribution is 0.0925. The van der Waals surface area contributed by atoms with Gasteiger partial charge in [-0.15, -0.1) is 0 Å². The fourth-order valence-corrected chi connectivity index (χ4v) is 3.06. The number of methoxy groups -OCH3 is 1. The second-order valence-electron chi connectivity index (χ2n) is 5.65. The number of anilines is 2. The van der Waals surface area contributed by atoms with Gasteiger partial charge in [-0.1, -0.05) is 23.7 Å². The third kappa shape index (κ3) is 4.01. The van der Waals surface area contributed by atoms with Crippen molar-refractivity contribution in [3.05, 3.63) is 46.9 Å². The average molecular weight is 387 g/mol. The van der Waals surface area contributed by atoms with Gasteiger partial charge in [-0.2, -0.15) is 5.10 Å². The number of amides is 1. The number of aliphatic imine (C=N–C) groups is 1. The van der Waals surface area contributed by atoms with Crippen LogP contribution in [0.3, 0.4) is 0 Å². The van der Waals surface area contributed by atoms with Crippen LogP contribution in [0.4, 0.5) is 11.4 Å². The number of para-hydroxylation sites is 1. The molecular formula is C18H19ClN6O2. The number of hydrogen-bond donors (Lipinski definition) is 3. The highest BCUT2D eigenvalue weighted by Crippen LogP contribution is 2.36. The number of carbonyl (C=O) groups excluding carboxylic acids is 1. The Kier molecular flexibility index (Phi) is 5.87. The summed E-state index contributed by atoms with van der Waals surface area (Å²) in [6.45, 7) is 1.13. The second kappa shape index (κ2) is 8.50. The molecular weight excluding hydrogens is 368 g/mol. The largest absolute Gasteiger partial charge is 0.493 e. The minimum Gasteiger partial charge on any atom is -0.493 e. The zero-order chi connectivity index (χ0) is 19.2. The molecule has 140 valence electrons. The highest BCUT2D eigenvalue weighted by atomic mass is 35.5. The molecule has 0 spiro atoms. The van der Waals surface area contributed by atoms with Crippen molar-refractivity contribution < 1.29 is 9.53 Å². The molecule has 9 heteroatoms. The first-order chi connectivity index (χ1) is 13.2. The molecule has 0 saturated heterocycles. The van der Waals surface area contributed by atoms with Crippen LogP contribution in [0.5, 0.6) is 5.75 Å². The highest BCUT2D eigenvalue weighted by molar-refractivity contribution is 6.32. The molecule has 1 amide bonds. The topological polar surface area (TPSA) is 104 Å². The highest BCUT2D eigenvalue weighted by Gasteiger charge is 2.26. The summed E-state index contributed by atoms with van der Waals surface area (Å²) in [5, 5.41) is 18.1. The molecule has 0 unspecified atom stereocenters. The molecule has 3 rings (SSSR count). The maximum Gasteiger partial charge on any atom is 0.271 e. The molecule has 0 saturated carbocycles. The minimum atomic E-state index is -0.186. The zero-order valence-corrected chi connectivity index (χ0v) is 15.5. The van der Waals surface area contributed by atoms with Crippen LogP contribution < -0.4 is 15.4 Å². The maximum atomic E-state index is 12.4. The van der Waals surface area contributed by atoms with Gasteiger partial charge in [0.05, 0.1) is 35.7 Å². The number of allylic oxidation sites excluding steroid dienone is 1. The molecule has 27 heavy (non-hydrogen) atoms. The predicted octanol–water partition coefficient (Wildman–Crippen LogP) is 2.81. The van der Waals surface area contributed by atoms with E-state index in [0.717, 1.165) is 6.21 Å². The van der Waals surface area contributed by atoms with E-state index >= 15 is 0 Å². The molecule has 1 aliphatic heterocycles. The van der Waals surface area contributed by atoms with Gasteiger partial charge in [-0.25, -0.2) is 0 Å². The van der Waals surface area contributed by atoms with Gasteiger partial charge in [0.1, 0.15) is 5.69 Å². The van der Waals surface area contributed by atoms with Gasteiger partial charge >= 0.3 is 0 Å². The monoisotopic (exact) mass is 386 g/mol. The van der Waals surface area contributed by atoms with Crippen LogP contribution in [-0.2, 0) is 13.0 Å². The first-order valence-electron chi connectivity index (χ1n) is 8.30. The summed E-state index contributed by atoms with van der Waals surface area (Å²) in [4.78, 5) is 16.3. The number of ether oxygens (including phenoxy) is 1. The van der Waals surface area contributed by atoms with E-state index in [4.69, 9.17) is 21.7 Å². The lowest BCUT2D eigenvalue weighted by Crippen LogP contribution is -2.35. The zero-order valence-electron chi connectivity index (χ0n) is 14.7. The number of aromatic nitrogens is 2. The van der Waals surface area contributed by atoms with Gasteiger partial charge in [0.15, 0.2) is 5.75 Å². The van der Waals surface area contributed by atoms with E-state index in [1.807, 2.05) is 12.1 Å². The molecule has 0 fully saturated rings. The fourth-order valence-electron chi connectivity index (χ4n) is 2.80. The molecule has 1 aliphatic rings. The summed E-state index contributed by atoms with van der Waals surface area (Å²) >= 11 is 6.20. The van der Waals surface area contributed by atoms with Gasteiger partial charge in [0.25, 0.3) is 5.91 Å². The standard InChI is InChI=1S/C18H19ClN6O2/c1-27-17-12(19)4-2-5-14(17)23-15-13(6-3-8-21-9-7-20)24-25-11-10-22-18(26)16(15)25/h2-5,7-9,20,23H,6,10-11H2,1H3,(H,22,26)/b8-3-,20-7?,21-9+. The summed E-state index contributed by atoms with van der Waals surface area (Å²) in [5.74, 6) is 0.307. The van der Waals surface area contributed by atoms with Crippen molar-refractivity contribution in [1.29, 1.82) is 5.41 Å². The van der Waals surface area contributed by atoms with Crippen molar-refractivity contribution >= 4 is 41.3 Å². The Morgan fingerprint density at radius 1 is 1.52 bits per heavy atom. The van der Waals surface area contributed by atoms with Crippen LogP contribution in [0.2, 0.25) is 5.02 Å². The van der Waals surface area contributed by atoms with Crippen molar-refractivity contribution in [2.75, 3.05) is 19.0 Å². The van der Waals surface area contributed by atoms with Crippen molar-refractivity contribution in [3.63, 3.8) is 0 Å². The summed E-state index contributed by atoms with van der Waals surface area (Å²) in [7, 11) is 1.54. The fraction of sp³-hybridized carbons (Fsp3) is 0.222. The number of nitrogens with one attached hydrogen (secondary N) is 3. The third-order valence-electron chi connectivity index (χ3n) is 3.94. The van der Waals surface area contributed by atoms with Gasteiger partial charge < -0.3 is 20.8 Å². The van der Waals surface area contributed by atoms with Gasteiger partial charge in [-0.3, -0.25) is 14.5 Å². The third-order valence-corrected chi connectivity index (χ3v) is 4.24. The Bertz CT molecular complexity index is 919. The summed E-state index contributed by atoms with van der Waals surface area (Å²) in [6.07, 6.45) is 6.34. The molecule has 1 aromatic carbocycles. The number of halogens is 1. The van der Waals surface area contributed by atoms with E-state index < -0.39 is 0 Å². The van der Waals surface area contributed by atoms with Crippen LogP contribution in [0.1, 0.15) is 16.2 Å². The molecule has 0 atom stereocenters. The summed E-state index contributed by atoms with van der Waals surface area (Å²) < 4.78 is 7.08. The van der Waals surface area contributed by atoms with E-state index in [0.29, 0.717) is 53.0 Å². The quantitative estimate of drug-likeness (QED) is 0.636. The predicted molar refractivity (Wildman–Crippen MR) is 106 cm³/mol. The molecule has 8 nitrogen and oxygen atoms in total. The van der Waals surface area contributed by atoms with Crippen LogP contribution in [0, 0.1) is 5.41 Å². The summed E-state index contributed by atoms with van der Waals surface area (Å²) in [6, 6.07) is 5.36. The van der Waals surface area contributed by atoms with Crippen molar-refractivity contribution in [2.24, 2.45) is 4.99 Å². The van der Waals surface area contributed by atoms with Crippen LogP contribution in [0.25, 0.3) is 0 Å². The Morgan fingerprint density at radius 3 is 3.15 bits per heavy atom. The number of rotatable bonds is 7. The van der Waals surface area contributed by atoms with E-state index in [2.05, 4.69) is 20.7 Å². The van der Waals surface area contributed by atoms with E-state index in [9.17, 15) is 4.79 Å². The van der Waals surface area contributed by atoms with Crippen molar-refractivity contribution in [3.8, 4) is 5.75 Å². The van der Waals surface area contributed by atoms with Gasteiger partial charge in [0, 0.05) is 31.6 Å². The van der Waals surface area contributed by atoms with Crippen LogP contribution in [-0.4, -0.2) is 41.8 Å². The van der Waals surface area contributed by atoms with Crippen LogP contribution >= 0.6 is 11.6 Å². The first-order valence-corrected chi connectivity index (χ1v) is 8.68. The number of nitrogens with zero attached hydrogens (tertiary/aromatic N) is 3. The number of carbonyl (C=O) groups is 1. The minimum absolute atomic E-state index is 0.186. The molecule has 0 bridgehead atoms. The Labute approximate surface area is 161 Å². The maximum absolute atomic E-state index is 12.4. The Hall–Kier alpha value is -3.13. The number of fused-ring (bicyclic) bond motifs is 1. The second-order valence-corrected chi connectivity index (χ2v) is 6.06. The average Bonchev–Trinajstić information content (AvgIpc) is 3.00. The molecule has 2 heterocycles.